The van der Waals surface area contributed by atoms with Crippen molar-refractivity contribution in [2.24, 2.45) is 11.8 Å². The number of imide groups is 1. The summed E-state index contributed by atoms with van der Waals surface area (Å²) in [7, 11) is 0. The molecule has 0 bridgehead atoms. The maximum Gasteiger partial charge on any atom is 0.233 e. The van der Waals surface area contributed by atoms with E-state index in [0.29, 0.717) is 0 Å². The molecule has 0 aromatic heterocycles. The van der Waals surface area contributed by atoms with Gasteiger partial charge in [-0.15, -0.1) is 0 Å². The topological polar surface area (TPSA) is 66.5 Å². The standard InChI is InChI=1S/C18H21FN2O3/c1-11-6-7-14(19)15(10-11)20-16(22)8-9-21-17(23)12-4-2-3-5-13(12)18(21)24/h6-7,10,12-13H,2-5,8-9H2,1H3,(H,20,22)/t12-,13-/m0/s1. The summed E-state index contributed by atoms with van der Waals surface area (Å²) in [6, 6.07) is 4.46. The van der Waals surface area contributed by atoms with Gasteiger partial charge < -0.3 is 5.32 Å². The summed E-state index contributed by atoms with van der Waals surface area (Å²) in [6.45, 7) is 1.86. The smallest absolute Gasteiger partial charge is 0.233 e. The lowest BCUT2D eigenvalue weighted by molar-refractivity contribution is -0.140. The number of carbonyl (C=O) groups excluding carboxylic acids is 3. The molecule has 2 aliphatic rings. The molecule has 5 nitrogen and oxygen atoms in total. The number of benzene rings is 1. The minimum atomic E-state index is -0.506. The Morgan fingerprint density at radius 3 is 2.46 bits per heavy atom. The van der Waals surface area contributed by atoms with Gasteiger partial charge in [0.1, 0.15) is 5.82 Å². The van der Waals surface area contributed by atoms with Crippen molar-refractivity contribution in [2.45, 2.75) is 39.0 Å². The molecule has 1 aliphatic heterocycles. The summed E-state index contributed by atoms with van der Waals surface area (Å²) < 4.78 is 13.7. The highest BCUT2D eigenvalue weighted by molar-refractivity contribution is 6.05. The van der Waals surface area contributed by atoms with E-state index in [1.807, 2.05) is 0 Å². The van der Waals surface area contributed by atoms with Gasteiger partial charge in [-0.2, -0.15) is 0 Å². The number of aryl methyl sites for hydroxylation is 1. The van der Waals surface area contributed by atoms with Gasteiger partial charge in [0.15, 0.2) is 0 Å². The predicted molar refractivity (Wildman–Crippen MR) is 86.6 cm³/mol. The second-order valence-corrected chi connectivity index (χ2v) is 6.61. The maximum atomic E-state index is 13.7. The van der Waals surface area contributed by atoms with Crippen LogP contribution in [0.15, 0.2) is 18.2 Å². The number of likely N-dealkylation sites (tertiary alicyclic amines) is 1. The number of hydrogen-bond donors (Lipinski definition) is 1. The Morgan fingerprint density at radius 2 is 1.83 bits per heavy atom. The summed E-state index contributed by atoms with van der Waals surface area (Å²) in [5.41, 5.74) is 0.952. The Kier molecular flexibility index (Phi) is 4.64. The zero-order chi connectivity index (χ0) is 17.3. The molecule has 0 spiro atoms. The first kappa shape index (κ1) is 16.6. The number of carbonyl (C=O) groups is 3. The molecule has 128 valence electrons. The molecule has 1 aromatic rings. The molecular formula is C18H21FN2O3. The van der Waals surface area contributed by atoms with E-state index in [9.17, 15) is 18.8 Å². The molecule has 24 heavy (non-hydrogen) atoms. The van der Waals surface area contributed by atoms with Crippen LogP contribution >= 0.6 is 0 Å². The minimum absolute atomic E-state index is 0.0235. The first-order valence-electron chi connectivity index (χ1n) is 8.38. The molecule has 2 atom stereocenters. The normalized spacial score (nSPS) is 23.3. The molecule has 6 heteroatoms. The fourth-order valence-electron chi connectivity index (χ4n) is 3.61. The van der Waals surface area contributed by atoms with Gasteiger partial charge in [-0.25, -0.2) is 4.39 Å². The van der Waals surface area contributed by atoms with Crippen molar-refractivity contribution in [3.8, 4) is 0 Å². The van der Waals surface area contributed by atoms with E-state index < -0.39 is 11.7 Å². The molecule has 1 heterocycles. The fraction of sp³-hybridized carbons (Fsp3) is 0.500. The van der Waals surface area contributed by atoms with Crippen LogP contribution in [-0.4, -0.2) is 29.2 Å². The first-order chi connectivity index (χ1) is 11.5. The van der Waals surface area contributed by atoms with Crippen LogP contribution in [0.2, 0.25) is 0 Å². The molecule has 3 rings (SSSR count). The lowest BCUT2D eigenvalue weighted by Gasteiger charge is -2.19. The van der Waals surface area contributed by atoms with Crippen molar-refractivity contribution in [3.63, 3.8) is 0 Å². The van der Waals surface area contributed by atoms with E-state index >= 15 is 0 Å². The Labute approximate surface area is 140 Å². The Balaban J connectivity index is 1.59. The van der Waals surface area contributed by atoms with Crippen LogP contribution in [0.25, 0.3) is 0 Å². The SMILES string of the molecule is Cc1ccc(F)c(NC(=O)CCN2C(=O)[C@H]3CCCC[C@@H]3C2=O)c1. The number of nitrogens with one attached hydrogen (secondary N) is 1. The number of hydrogen-bond acceptors (Lipinski definition) is 3. The van der Waals surface area contributed by atoms with Gasteiger partial charge in [0.2, 0.25) is 17.7 Å². The summed E-state index contributed by atoms with van der Waals surface area (Å²) in [6.07, 6.45) is 3.44. The summed E-state index contributed by atoms with van der Waals surface area (Å²) in [4.78, 5) is 37.9. The van der Waals surface area contributed by atoms with E-state index in [1.165, 1.54) is 11.0 Å². The summed E-state index contributed by atoms with van der Waals surface area (Å²) in [5, 5.41) is 2.50. The number of anilines is 1. The quantitative estimate of drug-likeness (QED) is 0.862. The third kappa shape index (κ3) is 3.18. The average Bonchev–Trinajstić information content (AvgIpc) is 2.81. The summed E-state index contributed by atoms with van der Waals surface area (Å²) >= 11 is 0. The van der Waals surface area contributed by atoms with Gasteiger partial charge in [0.05, 0.1) is 17.5 Å². The van der Waals surface area contributed by atoms with E-state index in [0.717, 1.165) is 31.2 Å². The zero-order valence-electron chi connectivity index (χ0n) is 13.7. The van der Waals surface area contributed by atoms with Gasteiger partial charge in [-0.3, -0.25) is 19.3 Å². The van der Waals surface area contributed by atoms with Crippen LogP contribution < -0.4 is 5.32 Å². The highest BCUT2D eigenvalue weighted by Gasteiger charge is 2.47. The van der Waals surface area contributed by atoms with E-state index in [1.54, 1.807) is 19.1 Å². The molecule has 1 aliphatic carbocycles. The van der Waals surface area contributed by atoms with Crippen molar-refractivity contribution in [1.82, 2.24) is 4.90 Å². The average molecular weight is 332 g/mol. The zero-order valence-corrected chi connectivity index (χ0v) is 13.7. The molecule has 1 saturated heterocycles. The van der Waals surface area contributed by atoms with Gasteiger partial charge in [0, 0.05) is 13.0 Å². The molecular weight excluding hydrogens is 311 g/mol. The number of fused-ring (bicyclic) bond motifs is 1. The fourth-order valence-corrected chi connectivity index (χ4v) is 3.61. The van der Waals surface area contributed by atoms with Crippen LogP contribution in [0.3, 0.4) is 0 Å². The van der Waals surface area contributed by atoms with Crippen molar-refractivity contribution < 1.29 is 18.8 Å². The van der Waals surface area contributed by atoms with E-state index in [4.69, 9.17) is 0 Å². The van der Waals surface area contributed by atoms with Crippen molar-refractivity contribution in [1.29, 1.82) is 0 Å². The van der Waals surface area contributed by atoms with Crippen molar-refractivity contribution in [3.05, 3.63) is 29.6 Å². The number of amides is 3. The Morgan fingerprint density at radius 1 is 1.21 bits per heavy atom. The second kappa shape index (κ2) is 6.71. The molecule has 3 amide bonds. The molecule has 1 N–H and O–H groups in total. The van der Waals surface area contributed by atoms with Crippen molar-refractivity contribution in [2.75, 3.05) is 11.9 Å². The van der Waals surface area contributed by atoms with Gasteiger partial charge in [-0.1, -0.05) is 18.9 Å². The highest BCUT2D eigenvalue weighted by atomic mass is 19.1. The van der Waals surface area contributed by atoms with Crippen LogP contribution in [-0.2, 0) is 14.4 Å². The molecule has 2 fully saturated rings. The van der Waals surface area contributed by atoms with Crippen molar-refractivity contribution >= 4 is 23.4 Å². The Hall–Kier alpha value is -2.24. The van der Waals surface area contributed by atoms with E-state index in [2.05, 4.69) is 5.32 Å². The lowest BCUT2D eigenvalue weighted by atomic mass is 9.81. The third-order valence-electron chi connectivity index (χ3n) is 4.89. The lowest BCUT2D eigenvalue weighted by Crippen LogP contribution is -2.34. The molecule has 1 saturated carbocycles. The van der Waals surface area contributed by atoms with Crippen LogP contribution in [0, 0.1) is 24.6 Å². The molecule has 1 aromatic carbocycles. The number of halogens is 1. The van der Waals surface area contributed by atoms with Gasteiger partial charge >= 0.3 is 0 Å². The van der Waals surface area contributed by atoms with Crippen LogP contribution in [0.1, 0.15) is 37.7 Å². The summed E-state index contributed by atoms with van der Waals surface area (Å²) in [5.74, 6) is -1.63. The number of rotatable bonds is 4. The van der Waals surface area contributed by atoms with Gasteiger partial charge in [0.25, 0.3) is 0 Å². The molecule has 0 radical (unpaired) electrons. The van der Waals surface area contributed by atoms with Gasteiger partial charge in [-0.05, 0) is 37.5 Å². The minimum Gasteiger partial charge on any atom is -0.324 e. The van der Waals surface area contributed by atoms with E-state index in [-0.39, 0.29) is 42.3 Å². The van der Waals surface area contributed by atoms with Crippen LogP contribution in [0.4, 0.5) is 10.1 Å². The predicted octanol–water partition coefficient (Wildman–Crippen LogP) is 2.64. The first-order valence-corrected chi connectivity index (χ1v) is 8.38. The monoisotopic (exact) mass is 332 g/mol. The number of nitrogens with zero attached hydrogens (tertiary/aromatic N) is 1. The van der Waals surface area contributed by atoms with Crippen LogP contribution in [0.5, 0.6) is 0 Å². The second-order valence-electron chi connectivity index (χ2n) is 6.61. The molecule has 0 unspecified atom stereocenters. The Bertz CT molecular complexity index is 665. The largest absolute Gasteiger partial charge is 0.324 e. The highest BCUT2D eigenvalue weighted by Crippen LogP contribution is 2.37. The third-order valence-corrected chi connectivity index (χ3v) is 4.89. The maximum absolute atomic E-state index is 13.7.